The van der Waals surface area contributed by atoms with E-state index in [0.29, 0.717) is 16.3 Å². The van der Waals surface area contributed by atoms with Gasteiger partial charge in [-0.3, -0.25) is 9.48 Å². The molecule has 4 heterocycles. The molecule has 0 aliphatic carbocycles. The molecule has 2 aliphatic rings. The van der Waals surface area contributed by atoms with Gasteiger partial charge in [-0.15, -0.1) is 0 Å². The normalized spacial score (nSPS) is 19.2. The Morgan fingerprint density at radius 3 is 2.73 bits per heavy atom. The van der Waals surface area contributed by atoms with Crippen molar-refractivity contribution in [1.82, 2.24) is 25.0 Å². The van der Waals surface area contributed by atoms with Crippen molar-refractivity contribution in [3.8, 4) is 16.9 Å². The number of amides is 1. The van der Waals surface area contributed by atoms with Crippen LogP contribution in [0.5, 0.6) is 5.75 Å². The lowest BCUT2D eigenvalue weighted by molar-refractivity contribution is -0.136. The highest BCUT2D eigenvalue weighted by Crippen LogP contribution is 2.37. The monoisotopic (exact) mass is 546 g/mol. The van der Waals surface area contributed by atoms with Gasteiger partial charge in [-0.2, -0.15) is 5.10 Å². The van der Waals surface area contributed by atoms with Crippen LogP contribution >= 0.6 is 23.2 Å². The third-order valence-corrected chi connectivity index (χ3v) is 7.88. The summed E-state index contributed by atoms with van der Waals surface area (Å²) in [5.74, 6) is 0.330. The van der Waals surface area contributed by atoms with E-state index in [1.807, 2.05) is 15.8 Å². The van der Waals surface area contributed by atoms with Gasteiger partial charge in [-0.25, -0.2) is 9.37 Å². The fourth-order valence-electron chi connectivity index (χ4n) is 5.03. The van der Waals surface area contributed by atoms with E-state index in [-0.39, 0.29) is 28.7 Å². The van der Waals surface area contributed by atoms with Crippen LogP contribution in [0.1, 0.15) is 43.9 Å². The van der Waals surface area contributed by atoms with Gasteiger partial charge in [0.05, 0.1) is 23.2 Å². The standard InChI is InChI=1S/C26H29Cl2FN6O2/c1-15(23-20(27)2-3-21(29)24(23)28)37-22-10-17(12-32-25(22)30)18-13-33-35(14-18)19-5-8-34(9-6-19)26(36)16-4-7-31-11-16/h2-3,10,12-16,19,31H,4-9,11H2,1H3,(H2,30,32)/t15?,16-/m0/s1. The number of halogens is 3. The summed E-state index contributed by atoms with van der Waals surface area (Å²) in [5.41, 5.74) is 8.06. The van der Waals surface area contributed by atoms with Crippen molar-refractivity contribution in [3.63, 3.8) is 0 Å². The van der Waals surface area contributed by atoms with Crippen molar-refractivity contribution in [2.75, 3.05) is 31.9 Å². The molecule has 8 nitrogen and oxygen atoms in total. The molecule has 2 aliphatic heterocycles. The number of hydrogen-bond donors (Lipinski definition) is 2. The van der Waals surface area contributed by atoms with Crippen LogP contribution in [-0.4, -0.2) is 51.8 Å². The minimum Gasteiger partial charge on any atom is -0.482 e. The number of aromatic nitrogens is 3. The van der Waals surface area contributed by atoms with Crippen LogP contribution in [0.3, 0.4) is 0 Å². The summed E-state index contributed by atoms with van der Waals surface area (Å²) < 4.78 is 22.0. The van der Waals surface area contributed by atoms with E-state index >= 15 is 0 Å². The van der Waals surface area contributed by atoms with Crippen LogP contribution < -0.4 is 15.8 Å². The lowest BCUT2D eigenvalue weighted by atomic mass is 10.0. The third-order valence-electron chi connectivity index (χ3n) is 7.17. The maximum atomic E-state index is 14.0. The van der Waals surface area contributed by atoms with Crippen molar-refractivity contribution in [3.05, 3.63) is 58.2 Å². The molecule has 0 bridgehead atoms. The second-order valence-electron chi connectivity index (χ2n) is 9.58. The SMILES string of the molecule is CC(Oc1cc(-c2cnn(C3CCN(C(=O)[C@H]4CCNC4)CC3)c2)cnc1N)c1c(Cl)ccc(F)c1Cl. The molecule has 2 saturated heterocycles. The van der Waals surface area contributed by atoms with Crippen molar-refractivity contribution >= 4 is 34.9 Å². The number of nitrogen functional groups attached to an aromatic ring is 1. The first-order chi connectivity index (χ1) is 17.8. The van der Waals surface area contributed by atoms with Gasteiger partial charge in [0.15, 0.2) is 11.6 Å². The average molecular weight is 547 g/mol. The molecule has 37 heavy (non-hydrogen) atoms. The number of piperidine rings is 1. The van der Waals surface area contributed by atoms with Gasteiger partial charge in [-0.1, -0.05) is 23.2 Å². The summed E-state index contributed by atoms with van der Waals surface area (Å²) in [6.07, 6.45) is 7.39. The molecule has 3 aromatic rings. The Labute approximate surface area is 224 Å². The molecular weight excluding hydrogens is 518 g/mol. The minimum absolute atomic E-state index is 0.0865. The van der Waals surface area contributed by atoms with Gasteiger partial charge >= 0.3 is 0 Å². The molecule has 5 rings (SSSR count). The van der Waals surface area contributed by atoms with Crippen LogP contribution in [0.4, 0.5) is 10.2 Å². The number of carbonyl (C=O) groups excluding carboxylic acids is 1. The Bertz CT molecular complexity index is 1290. The molecule has 0 radical (unpaired) electrons. The molecule has 2 atom stereocenters. The zero-order chi connectivity index (χ0) is 26.1. The zero-order valence-corrected chi connectivity index (χ0v) is 22.0. The molecule has 1 aromatic carbocycles. The smallest absolute Gasteiger partial charge is 0.227 e. The number of hydrogen-bond acceptors (Lipinski definition) is 6. The summed E-state index contributed by atoms with van der Waals surface area (Å²) in [4.78, 5) is 19.0. The summed E-state index contributed by atoms with van der Waals surface area (Å²) in [6, 6.07) is 4.65. The molecule has 11 heteroatoms. The zero-order valence-electron chi connectivity index (χ0n) is 20.5. The fraction of sp³-hybridized carbons (Fsp3) is 0.423. The molecule has 0 spiro atoms. The quantitative estimate of drug-likeness (QED) is 0.427. The molecule has 196 valence electrons. The van der Waals surface area contributed by atoms with E-state index in [0.717, 1.165) is 56.6 Å². The first-order valence-electron chi connectivity index (χ1n) is 12.4. The first-order valence-corrected chi connectivity index (χ1v) is 13.2. The van der Waals surface area contributed by atoms with Crippen LogP contribution in [0.15, 0.2) is 36.8 Å². The molecule has 2 aromatic heterocycles. The second-order valence-corrected chi connectivity index (χ2v) is 10.4. The number of likely N-dealkylation sites (tertiary alicyclic amines) is 1. The van der Waals surface area contributed by atoms with Gasteiger partial charge in [0.1, 0.15) is 11.9 Å². The van der Waals surface area contributed by atoms with Gasteiger partial charge in [0.2, 0.25) is 5.91 Å². The number of rotatable bonds is 6. The first kappa shape index (κ1) is 25.8. The maximum absolute atomic E-state index is 14.0. The largest absolute Gasteiger partial charge is 0.482 e. The highest BCUT2D eigenvalue weighted by atomic mass is 35.5. The lowest BCUT2D eigenvalue weighted by Crippen LogP contribution is -2.42. The molecular formula is C26H29Cl2FN6O2. The van der Waals surface area contributed by atoms with Crippen molar-refractivity contribution < 1.29 is 13.9 Å². The second kappa shape index (κ2) is 10.8. The Morgan fingerprint density at radius 2 is 2.00 bits per heavy atom. The van der Waals surface area contributed by atoms with Crippen LogP contribution in [0.25, 0.3) is 11.1 Å². The summed E-state index contributed by atoms with van der Waals surface area (Å²) in [5, 5.41) is 8.07. The van der Waals surface area contributed by atoms with Gasteiger partial charge < -0.3 is 20.7 Å². The lowest BCUT2D eigenvalue weighted by Gasteiger charge is -2.33. The van der Waals surface area contributed by atoms with E-state index in [9.17, 15) is 9.18 Å². The van der Waals surface area contributed by atoms with Gasteiger partial charge in [-0.05, 0) is 50.9 Å². The Morgan fingerprint density at radius 1 is 1.22 bits per heavy atom. The highest BCUT2D eigenvalue weighted by molar-refractivity contribution is 6.36. The van der Waals surface area contributed by atoms with Crippen molar-refractivity contribution in [2.45, 2.75) is 38.3 Å². The molecule has 1 unspecified atom stereocenters. The number of pyridine rings is 1. The van der Waals surface area contributed by atoms with E-state index < -0.39 is 11.9 Å². The minimum atomic E-state index is -0.661. The number of carbonyl (C=O) groups is 1. The number of ether oxygens (including phenoxy) is 1. The van der Waals surface area contributed by atoms with E-state index in [1.165, 1.54) is 12.1 Å². The number of nitrogens with zero attached hydrogens (tertiary/aromatic N) is 4. The van der Waals surface area contributed by atoms with Crippen LogP contribution in [0, 0.1) is 11.7 Å². The number of nitrogens with one attached hydrogen (secondary N) is 1. The van der Waals surface area contributed by atoms with Gasteiger partial charge in [0.25, 0.3) is 0 Å². The summed E-state index contributed by atoms with van der Waals surface area (Å²) in [7, 11) is 0. The molecule has 0 saturated carbocycles. The predicted molar refractivity (Wildman–Crippen MR) is 141 cm³/mol. The summed E-state index contributed by atoms with van der Waals surface area (Å²) in [6.45, 7) is 4.89. The van der Waals surface area contributed by atoms with E-state index in [4.69, 9.17) is 33.7 Å². The van der Waals surface area contributed by atoms with Crippen molar-refractivity contribution in [2.24, 2.45) is 5.92 Å². The average Bonchev–Trinajstić information content (AvgIpc) is 3.61. The van der Waals surface area contributed by atoms with Crippen LogP contribution in [-0.2, 0) is 4.79 Å². The maximum Gasteiger partial charge on any atom is 0.227 e. The summed E-state index contributed by atoms with van der Waals surface area (Å²) >= 11 is 12.4. The van der Waals surface area contributed by atoms with Gasteiger partial charge in [0, 0.05) is 53.7 Å². The number of anilines is 1. The predicted octanol–water partition coefficient (Wildman–Crippen LogP) is 4.89. The molecule has 1 amide bonds. The van der Waals surface area contributed by atoms with E-state index in [2.05, 4.69) is 15.4 Å². The Kier molecular flexibility index (Phi) is 7.55. The molecule has 2 fully saturated rings. The van der Waals surface area contributed by atoms with Crippen molar-refractivity contribution in [1.29, 1.82) is 0 Å². The Hall–Kier alpha value is -2.88. The highest BCUT2D eigenvalue weighted by Gasteiger charge is 2.30. The number of benzene rings is 1. The third kappa shape index (κ3) is 5.39. The Balaban J connectivity index is 1.27. The number of nitrogens with two attached hydrogens (primary N) is 1. The fourth-order valence-corrected chi connectivity index (χ4v) is 5.71. The topological polar surface area (TPSA) is 98.3 Å². The van der Waals surface area contributed by atoms with E-state index in [1.54, 1.807) is 25.4 Å². The molecule has 3 N–H and O–H groups in total. The van der Waals surface area contributed by atoms with Crippen LogP contribution in [0.2, 0.25) is 10.0 Å².